The predicted molar refractivity (Wildman–Crippen MR) is 56.8 cm³/mol. The van der Waals surface area contributed by atoms with Crippen molar-refractivity contribution in [1.29, 1.82) is 0 Å². The van der Waals surface area contributed by atoms with Crippen LogP contribution < -0.4 is 10.1 Å². The molecule has 0 saturated carbocycles. The maximum absolute atomic E-state index is 5.28. The summed E-state index contributed by atoms with van der Waals surface area (Å²) in [6, 6.07) is 2.06. The van der Waals surface area contributed by atoms with Crippen LogP contribution >= 0.6 is 0 Å². The number of ether oxygens (including phenoxy) is 1. The normalized spacial score (nSPS) is 9.92. The van der Waals surface area contributed by atoms with Crippen LogP contribution in [0.1, 0.15) is 16.7 Å². The molecule has 1 rings (SSSR count). The lowest BCUT2D eigenvalue weighted by Crippen LogP contribution is -1.99. The van der Waals surface area contributed by atoms with Crippen molar-refractivity contribution >= 4 is 5.69 Å². The number of benzene rings is 1. The third kappa shape index (κ3) is 1.62. The van der Waals surface area contributed by atoms with E-state index in [1.165, 1.54) is 22.4 Å². The fourth-order valence-corrected chi connectivity index (χ4v) is 1.64. The molecule has 1 aromatic rings. The SMILES string of the molecule is CNc1c(C)cc(OC)c(C)c1C. The van der Waals surface area contributed by atoms with Gasteiger partial charge in [0.15, 0.2) is 0 Å². The molecular weight excluding hydrogens is 162 g/mol. The maximum atomic E-state index is 5.28. The van der Waals surface area contributed by atoms with E-state index in [0.717, 1.165) is 5.75 Å². The molecule has 72 valence electrons. The van der Waals surface area contributed by atoms with Gasteiger partial charge >= 0.3 is 0 Å². The minimum Gasteiger partial charge on any atom is -0.496 e. The second-order valence-electron chi connectivity index (χ2n) is 3.27. The molecule has 0 saturated heterocycles. The number of nitrogens with one attached hydrogen (secondary N) is 1. The minimum absolute atomic E-state index is 0.967. The Kier molecular flexibility index (Phi) is 2.81. The molecule has 2 nitrogen and oxygen atoms in total. The Morgan fingerprint density at radius 3 is 2.23 bits per heavy atom. The van der Waals surface area contributed by atoms with Gasteiger partial charge in [0.2, 0.25) is 0 Å². The number of rotatable bonds is 2. The van der Waals surface area contributed by atoms with E-state index in [-0.39, 0.29) is 0 Å². The molecule has 0 radical (unpaired) electrons. The van der Waals surface area contributed by atoms with Crippen LogP contribution in [-0.2, 0) is 0 Å². The van der Waals surface area contributed by atoms with E-state index in [0.29, 0.717) is 0 Å². The third-order valence-corrected chi connectivity index (χ3v) is 2.52. The summed E-state index contributed by atoms with van der Waals surface area (Å²) in [5.74, 6) is 0.967. The zero-order chi connectivity index (χ0) is 10.0. The van der Waals surface area contributed by atoms with E-state index >= 15 is 0 Å². The standard InChI is InChI=1S/C11H17NO/c1-7-6-10(13-5)8(2)9(3)11(7)12-4/h6,12H,1-5H3. The smallest absolute Gasteiger partial charge is 0.122 e. The van der Waals surface area contributed by atoms with E-state index in [2.05, 4.69) is 32.2 Å². The first-order chi connectivity index (χ1) is 6.11. The molecular formula is C11H17NO. The fraction of sp³-hybridized carbons (Fsp3) is 0.455. The molecule has 13 heavy (non-hydrogen) atoms. The molecule has 0 spiro atoms. The molecule has 0 fully saturated rings. The van der Waals surface area contributed by atoms with Crippen molar-refractivity contribution < 1.29 is 4.74 Å². The Hall–Kier alpha value is -1.18. The molecule has 0 aliphatic rings. The zero-order valence-corrected chi connectivity index (χ0v) is 8.99. The van der Waals surface area contributed by atoms with Gasteiger partial charge in [-0.05, 0) is 43.5 Å². The molecule has 0 aliphatic carbocycles. The third-order valence-electron chi connectivity index (χ3n) is 2.52. The lowest BCUT2D eigenvalue weighted by molar-refractivity contribution is 0.411. The highest BCUT2D eigenvalue weighted by molar-refractivity contribution is 5.63. The molecule has 0 bridgehead atoms. The summed E-state index contributed by atoms with van der Waals surface area (Å²) in [6.07, 6.45) is 0. The van der Waals surface area contributed by atoms with Gasteiger partial charge in [-0.15, -0.1) is 0 Å². The Labute approximate surface area is 79.9 Å². The number of hydrogen-bond acceptors (Lipinski definition) is 2. The molecule has 0 aromatic heterocycles. The van der Waals surface area contributed by atoms with Crippen molar-refractivity contribution in [3.63, 3.8) is 0 Å². The van der Waals surface area contributed by atoms with Gasteiger partial charge in [0.05, 0.1) is 7.11 Å². The van der Waals surface area contributed by atoms with Crippen molar-refractivity contribution in [1.82, 2.24) is 0 Å². The van der Waals surface area contributed by atoms with Gasteiger partial charge < -0.3 is 10.1 Å². The summed E-state index contributed by atoms with van der Waals surface area (Å²) in [4.78, 5) is 0. The van der Waals surface area contributed by atoms with E-state index in [1.54, 1.807) is 7.11 Å². The van der Waals surface area contributed by atoms with Gasteiger partial charge in [0.1, 0.15) is 5.75 Å². The fourth-order valence-electron chi connectivity index (χ4n) is 1.64. The van der Waals surface area contributed by atoms with Crippen molar-refractivity contribution in [2.75, 3.05) is 19.5 Å². The van der Waals surface area contributed by atoms with E-state index < -0.39 is 0 Å². The first-order valence-corrected chi connectivity index (χ1v) is 4.44. The number of anilines is 1. The van der Waals surface area contributed by atoms with E-state index in [1.807, 2.05) is 7.05 Å². The summed E-state index contributed by atoms with van der Waals surface area (Å²) in [7, 11) is 3.65. The average Bonchev–Trinajstić information content (AvgIpc) is 2.12. The largest absolute Gasteiger partial charge is 0.496 e. The number of aryl methyl sites for hydroxylation is 1. The quantitative estimate of drug-likeness (QED) is 0.753. The van der Waals surface area contributed by atoms with Crippen molar-refractivity contribution in [3.8, 4) is 5.75 Å². The van der Waals surface area contributed by atoms with Gasteiger partial charge in [-0.3, -0.25) is 0 Å². The van der Waals surface area contributed by atoms with Crippen LogP contribution in [0.5, 0.6) is 5.75 Å². The van der Waals surface area contributed by atoms with Crippen LogP contribution in [0.15, 0.2) is 6.07 Å². The summed E-state index contributed by atoms with van der Waals surface area (Å²) in [5, 5.41) is 3.20. The highest BCUT2D eigenvalue weighted by Crippen LogP contribution is 2.30. The van der Waals surface area contributed by atoms with Gasteiger partial charge in [-0.25, -0.2) is 0 Å². The monoisotopic (exact) mass is 179 g/mol. The van der Waals surface area contributed by atoms with Crippen LogP contribution in [-0.4, -0.2) is 14.2 Å². The van der Waals surface area contributed by atoms with Gasteiger partial charge in [0.25, 0.3) is 0 Å². The Bertz CT molecular complexity index is 318. The Morgan fingerprint density at radius 2 is 1.77 bits per heavy atom. The van der Waals surface area contributed by atoms with Crippen molar-refractivity contribution in [2.24, 2.45) is 0 Å². The van der Waals surface area contributed by atoms with Crippen LogP contribution in [0.2, 0.25) is 0 Å². The Balaban J connectivity index is 3.37. The molecule has 0 heterocycles. The summed E-state index contributed by atoms with van der Waals surface area (Å²) >= 11 is 0. The average molecular weight is 179 g/mol. The van der Waals surface area contributed by atoms with Crippen LogP contribution in [0.25, 0.3) is 0 Å². The second-order valence-corrected chi connectivity index (χ2v) is 3.27. The molecule has 1 N–H and O–H groups in total. The molecule has 0 aliphatic heterocycles. The highest BCUT2D eigenvalue weighted by Gasteiger charge is 2.08. The second kappa shape index (κ2) is 3.69. The van der Waals surface area contributed by atoms with Gasteiger partial charge in [0, 0.05) is 12.7 Å². The number of methoxy groups -OCH3 is 1. The minimum atomic E-state index is 0.967. The van der Waals surface area contributed by atoms with Crippen molar-refractivity contribution in [2.45, 2.75) is 20.8 Å². The summed E-state index contributed by atoms with van der Waals surface area (Å²) < 4.78 is 5.28. The summed E-state index contributed by atoms with van der Waals surface area (Å²) in [6.45, 7) is 6.27. The molecule has 0 unspecified atom stereocenters. The first-order valence-electron chi connectivity index (χ1n) is 4.44. The molecule has 0 amide bonds. The first kappa shape index (κ1) is 9.90. The van der Waals surface area contributed by atoms with Crippen molar-refractivity contribution in [3.05, 3.63) is 22.8 Å². The topological polar surface area (TPSA) is 21.3 Å². The van der Waals surface area contributed by atoms with Gasteiger partial charge in [-0.1, -0.05) is 0 Å². The molecule has 2 heteroatoms. The lowest BCUT2D eigenvalue weighted by atomic mass is 10.0. The Morgan fingerprint density at radius 1 is 1.15 bits per heavy atom. The van der Waals surface area contributed by atoms with Crippen LogP contribution in [0.4, 0.5) is 5.69 Å². The van der Waals surface area contributed by atoms with E-state index in [4.69, 9.17) is 4.74 Å². The number of hydrogen-bond donors (Lipinski definition) is 1. The maximum Gasteiger partial charge on any atom is 0.122 e. The summed E-state index contributed by atoms with van der Waals surface area (Å²) in [5.41, 5.74) is 4.90. The van der Waals surface area contributed by atoms with E-state index in [9.17, 15) is 0 Å². The lowest BCUT2D eigenvalue weighted by Gasteiger charge is -2.15. The zero-order valence-electron chi connectivity index (χ0n) is 8.99. The van der Waals surface area contributed by atoms with Crippen LogP contribution in [0.3, 0.4) is 0 Å². The predicted octanol–water partition coefficient (Wildman–Crippen LogP) is 2.66. The van der Waals surface area contributed by atoms with Crippen LogP contribution in [0, 0.1) is 20.8 Å². The molecule has 1 aromatic carbocycles. The highest BCUT2D eigenvalue weighted by atomic mass is 16.5. The van der Waals surface area contributed by atoms with Gasteiger partial charge in [-0.2, -0.15) is 0 Å². The molecule has 0 atom stereocenters.